The molecule has 146 valence electrons. The van der Waals surface area contributed by atoms with Crippen molar-refractivity contribution in [1.29, 1.82) is 0 Å². The van der Waals surface area contributed by atoms with E-state index in [0.717, 1.165) is 11.3 Å². The number of H-pyrrole nitrogens is 1. The fraction of sp³-hybridized carbons (Fsp3) is 0.667. The van der Waals surface area contributed by atoms with Gasteiger partial charge in [-0.1, -0.05) is 6.42 Å². The van der Waals surface area contributed by atoms with Crippen molar-refractivity contribution in [3.8, 4) is 0 Å². The van der Waals surface area contributed by atoms with Crippen LogP contribution < -0.4 is 33.0 Å². The van der Waals surface area contributed by atoms with Crippen LogP contribution in [0.1, 0.15) is 26.2 Å². The molecule has 0 spiro atoms. The molecule has 4 atom stereocenters. The maximum absolute atomic E-state index is 13.0. The van der Waals surface area contributed by atoms with Crippen molar-refractivity contribution >= 4 is 23.4 Å². The Morgan fingerprint density at radius 3 is 2.73 bits per heavy atom. The molecule has 11 nitrogen and oxygen atoms in total. The number of carbonyl (C=O) groups excluding carboxylic acids is 1. The van der Waals surface area contributed by atoms with E-state index in [2.05, 4.69) is 15.3 Å². The number of nitrogens with two attached hydrogens (primary N) is 3. The van der Waals surface area contributed by atoms with E-state index in [9.17, 15) is 19.8 Å². The second-order valence-corrected chi connectivity index (χ2v) is 6.43. The van der Waals surface area contributed by atoms with Crippen molar-refractivity contribution in [2.45, 2.75) is 50.5 Å². The second-order valence-electron chi connectivity index (χ2n) is 6.43. The number of unbranched alkanes of at least 4 members (excludes halogenated alkanes) is 1. The van der Waals surface area contributed by atoms with E-state index in [0.29, 0.717) is 19.4 Å². The van der Waals surface area contributed by atoms with Gasteiger partial charge in [-0.05, 0) is 26.3 Å². The van der Waals surface area contributed by atoms with E-state index in [1.807, 2.05) is 0 Å². The molecule has 2 rings (SSSR count). The Balaban J connectivity index is 2.41. The van der Waals surface area contributed by atoms with Gasteiger partial charge in [0.1, 0.15) is 6.10 Å². The van der Waals surface area contributed by atoms with Gasteiger partial charge >= 0.3 is 0 Å². The molecular weight excluding hydrogens is 342 g/mol. The van der Waals surface area contributed by atoms with Crippen molar-refractivity contribution in [1.82, 2.24) is 9.97 Å². The predicted octanol–water partition coefficient (Wildman–Crippen LogP) is -2.32. The highest BCUT2D eigenvalue weighted by Gasteiger charge is 2.41. The number of aliphatic hydroxyl groups excluding tert-OH is 2. The summed E-state index contributed by atoms with van der Waals surface area (Å²) in [4.78, 5) is 32.8. The minimum atomic E-state index is -1.28. The predicted molar refractivity (Wildman–Crippen MR) is 97.6 cm³/mol. The first-order chi connectivity index (χ1) is 12.3. The van der Waals surface area contributed by atoms with Gasteiger partial charge in [-0.25, -0.2) is 0 Å². The number of aromatic nitrogens is 2. The van der Waals surface area contributed by atoms with Crippen molar-refractivity contribution in [2.75, 3.05) is 29.0 Å². The van der Waals surface area contributed by atoms with Crippen LogP contribution in [0.3, 0.4) is 0 Å². The summed E-state index contributed by atoms with van der Waals surface area (Å²) < 4.78 is 0. The van der Waals surface area contributed by atoms with Crippen molar-refractivity contribution < 1.29 is 15.0 Å². The third kappa shape index (κ3) is 4.12. The molecule has 0 unspecified atom stereocenters. The van der Waals surface area contributed by atoms with Gasteiger partial charge in [0.15, 0.2) is 11.5 Å². The first kappa shape index (κ1) is 20.1. The molecule has 2 heterocycles. The lowest BCUT2D eigenvalue weighted by molar-refractivity contribution is -0.121. The average molecular weight is 369 g/mol. The summed E-state index contributed by atoms with van der Waals surface area (Å²) in [7, 11) is 0. The van der Waals surface area contributed by atoms with Gasteiger partial charge < -0.3 is 32.7 Å². The normalized spacial score (nSPS) is 20.0. The summed E-state index contributed by atoms with van der Waals surface area (Å²) in [6.07, 6.45) is -0.645. The van der Waals surface area contributed by atoms with Crippen LogP contribution >= 0.6 is 0 Å². The Bertz CT molecular complexity index is 693. The minimum Gasteiger partial charge on any atom is -0.391 e. The lowest BCUT2D eigenvalue weighted by Crippen LogP contribution is -2.61. The van der Waals surface area contributed by atoms with Crippen LogP contribution in [0.2, 0.25) is 0 Å². The van der Waals surface area contributed by atoms with E-state index in [4.69, 9.17) is 17.2 Å². The zero-order chi connectivity index (χ0) is 19.4. The molecule has 1 amide bonds. The van der Waals surface area contributed by atoms with Gasteiger partial charge in [0.2, 0.25) is 11.9 Å². The largest absolute Gasteiger partial charge is 0.391 e. The fourth-order valence-electron chi connectivity index (χ4n) is 2.97. The summed E-state index contributed by atoms with van der Waals surface area (Å²) in [5, 5.41) is 23.0. The SMILES string of the molecule is C[C@H](O)[C@H](O)[C@H]1CNc2nc(N)[nH]c(=O)c2N1C(=O)[C@@H](N)CCCCN. The number of amides is 1. The van der Waals surface area contributed by atoms with Gasteiger partial charge in [0.05, 0.1) is 18.2 Å². The number of hydrogen-bond donors (Lipinski definition) is 7. The number of carbonyl (C=O) groups is 1. The summed E-state index contributed by atoms with van der Waals surface area (Å²) in [5.74, 6) is -0.509. The van der Waals surface area contributed by atoms with Crippen molar-refractivity contribution in [2.24, 2.45) is 11.5 Å². The average Bonchev–Trinajstić information content (AvgIpc) is 2.59. The molecule has 0 aromatic carbocycles. The smallest absolute Gasteiger partial charge is 0.278 e. The molecule has 1 aliphatic rings. The summed E-state index contributed by atoms with van der Waals surface area (Å²) in [6.45, 7) is 1.97. The Morgan fingerprint density at radius 1 is 1.42 bits per heavy atom. The maximum Gasteiger partial charge on any atom is 0.278 e. The molecule has 0 saturated carbocycles. The number of nitrogens with zero attached hydrogens (tertiary/aromatic N) is 2. The third-order valence-electron chi connectivity index (χ3n) is 4.38. The van der Waals surface area contributed by atoms with Crippen LogP contribution in [0.25, 0.3) is 0 Å². The highest BCUT2D eigenvalue weighted by atomic mass is 16.3. The molecule has 0 fully saturated rings. The highest BCUT2D eigenvalue weighted by Crippen LogP contribution is 2.29. The zero-order valence-corrected chi connectivity index (χ0v) is 14.7. The monoisotopic (exact) mass is 369 g/mol. The van der Waals surface area contributed by atoms with Crippen LogP contribution in [0.5, 0.6) is 0 Å². The second kappa shape index (κ2) is 8.45. The Labute approximate surface area is 150 Å². The topological polar surface area (TPSA) is 197 Å². The molecule has 26 heavy (non-hydrogen) atoms. The first-order valence-corrected chi connectivity index (χ1v) is 8.56. The van der Waals surface area contributed by atoms with Gasteiger partial charge in [-0.15, -0.1) is 0 Å². The molecule has 0 aliphatic carbocycles. The van der Waals surface area contributed by atoms with Gasteiger partial charge in [-0.3, -0.25) is 19.5 Å². The number of fused-ring (bicyclic) bond motifs is 1. The maximum atomic E-state index is 13.0. The number of aromatic amines is 1. The molecule has 1 aliphatic heterocycles. The number of rotatable bonds is 7. The lowest BCUT2D eigenvalue weighted by Gasteiger charge is -2.40. The first-order valence-electron chi connectivity index (χ1n) is 8.56. The van der Waals surface area contributed by atoms with E-state index < -0.39 is 35.8 Å². The molecule has 0 bridgehead atoms. The third-order valence-corrected chi connectivity index (χ3v) is 4.38. The summed E-state index contributed by atoms with van der Waals surface area (Å²) >= 11 is 0. The molecule has 10 N–H and O–H groups in total. The van der Waals surface area contributed by atoms with Crippen molar-refractivity contribution in [3.05, 3.63) is 10.4 Å². The number of hydrogen-bond acceptors (Lipinski definition) is 9. The molecule has 1 aromatic heterocycles. The molecule has 1 aromatic rings. The van der Waals surface area contributed by atoms with Crippen LogP contribution in [-0.2, 0) is 4.79 Å². The number of nitrogens with one attached hydrogen (secondary N) is 2. The minimum absolute atomic E-state index is 0.0746. The van der Waals surface area contributed by atoms with E-state index in [-0.39, 0.29) is 24.0 Å². The molecule has 11 heteroatoms. The fourth-order valence-corrected chi connectivity index (χ4v) is 2.97. The van der Waals surface area contributed by atoms with Crippen LogP contribution in [0.4, 0.5) is 17.5 Å². The highest BCUT2D eigenvalue weighted by molar-refractivity contribution is 6.00. The lowest BCUT2D eigenvalue weighted by atomic mass is 9.99. The quantitative estimate of drug-likeness (QED) is 0.258. The standard InChI is InChI=1S/C15H27N7O4/c1-7(23)11(24)9-6-19-12-10(13(25)21-15(18)20-12)22(9)14(26)8(17)4-2-3-5-16/h7-9,11,23-24H,2-6,16-17H2,1H3,(H4,18,19,20,21,25)/t7-,8-,9+,11-/m0/s1. The number of aliphatic hydroxyl groups is 2. The van der Waals surface area contributed by atoms with Crippen molar-refractivity contribution in [3.63, 3.8) is 0 Å². The zero-order valence-electron chi connectivity index (χ0n) is 14.7. The summed E-state index contributed by atoms with van der Waals surface area (Å²) in [5.41, 5.74) is 16.3. The Kier molecular flexibility index (Phi) is 6.53. The Hall–Kier alpha value is -2.21. The number of nitrogen functional groups attached to an aromatic ring is 1. The van der Waals surface area contributed by atoms with Gasteiger partial charge in [0, 0.05) is 6.54 Å². The van der Waals surface area contributed by atoms with Gasteiger partial charge in [-0.2, -0.15) is 4.98 Å². The van der Waals surface area contributed by atoms with Crippen LogP contribution in [0.15, 0.2) is 4.79 Å². The van der Waals surface area contributed by atoms with Gasteiger partial charge in [0.25, 0.3) is 5.56 Å². The molecular formula is C15H27N7O4. The van der Waals surface area contributed by atoms with E-state index >= 15 is 0 Å². The van der Waals surface area contributed by atoms with E-state index in [1.54, 1.807) is 0 Å². The van der Waals surface area contributed by atoms with Crippen LogP contribution in [-0.4, -0.2) is 63.5 Å². The summed E-state index contributed by atoms with van der Waals surface area (Å²) in [6, 6.07) is -1.77. The molecule has 0 saturated heterocycles. The Morgan fingerprint density at radius 2 is 2.12 bits per heavy atom. The molecule has 0 radical (unpaired) electrons. The van der Waals surface area contributed by atoms with Crippen LogP contribution in [0, 0.1) is 0 Å². The number of anilines is 3. The van der Waals surface area contributed by atoms with E-state index in [1.165, 1.54) is 6.92 Å².